The van der Waals surface area contributed by atoms with Crippen LogP contribution in [0.3, 0.4) is 0 Å². The van der Waals surface area contributed by atoms with Crippen molar-refractivity contribution >= 4 is 34.1 Å². The van der Waals surface area contributed by atoms with Gasteiger partial charge >= 0.3 is 0 Å². The smallest absolute Gasteiger partial charge is 0.229 e. The molecular weight excluding hydrogens is 316 g/mol. The molecule has 0 atom stereocenters. The van der Waals surface area contributed by atoms with Gasteiger partial charge in [0.05, 0.1) is 5.52 Å². The summed E-state index contributed by atoms with van der Waals surface area (Å²) in [6.45, 7) is 2.28. The molecule has 0 fully saturated rings. The number of fused-ring (bicyclic) bond motifs is 1. The highest BCUT2D eigenvalue weighted by Gasteiger charge is 2.08. The third-order valence-electron chi connectivity index (χ3n) is 3.76. The molecule has 2 aromatic carbocycles. The first kappa shape index (κ1) is 16.9. The number of carbonyl (C=O) groups excluding carboxylic acids is 1. The van der Waals surface area contributed by atoms with Crippen LogP contribution >= 0.6 is 0 Å². The van der Waals surface area contributed by atoms with Gasteiger partial charge in [0.25, 0.3) is 0 Å². The number of nitrogens with one attached hydrogen (secondary N) is 2. The zero-order valence-corrected chi connectivity index (χ0v) is 14.0. The number of aromatic nitrogens is 2. The minimum absolute atomic E-state index is 0.00874. The molecule has 128 valence electrons. The fraction of sp³-hybridized carbons (Fsp3) is 0.211. The monoisotopic (exact) mass is 336 g/mol. The zero-order chi connectivity index (χ0) is 17.6. The van der Waals surface area contributed by atoms with Crippen LogP contribution in [0.15, 0.2) is 48.5 Å². The van der Waals surface area contributed by atoms with Crippen molar-refractivity contribution in [3.63, 3.8) is 0 Å². The number of hydrogen-bond acceptors (Lipinski definition) is 6. The van der Waals surface area contributed by atoms with Gasteiger partial charge in [0, 0.05) is 29.8 Å². The molecule has 6 nitrogen and oxygen atoms in total. The van der Waals surface area contributed by atoms with Crippen LogP contribution in [-0.2, 0) is 0 Å². The molecule has 25 heavy (non-hydrogen) atoms. The summed E-state index contributed by atoms with van der Waals surface area (Å²) in [5.74, 6) is 1.17. The number of nitrogens with zero attached hydrogens (tertiary/aromatic N) is 2. The first-order valence-corrected chi connectivity index (χ1v) is 8.17. The van der Waals surface area contributed by atoms with Crippen LogP contribution < -0.4 is 10.6 Å². The van der Waals surface area contributed by atoms with Gasteiger partial charge in [-0.15, -0.1) is 0 Å². The number of Topliss-reactive ketones (excluding diaryl/α,β-unsaturated/α-hetero) is 1. The number of ketones is 1. The minimum Gasteiger partial charge on any atom is -0.396 e. The maximum Gasteiger partial charge on any atom is 0.229 e. The number of anilines is 3. The predicted molar refractivity (Wildman–Crippen MR) is 99.5 cm³/mol. The average molecular weight is 336 g/mol. The normalized spacial score (nSPS) is 10.6. The molecule has 1 aromatic heterocycles. The molecule has 6 heteroatoms. The molecule has 0 aliphatic carbocycles. The Morgan fingerprint density at radius 2 is 1.96 bits per heavy atom. The van der Waals surface area contributed by atoms with E-state index in [1.165, 1.54) is 6.92 Å². The first-order chi connectivity index (χ1) is 12.2. The van der Waals surface area contributed by atoms with Crippen molar-refractivity contribution in [1.29, 1.82) is 0 Å². The Balaban J connectivity index is 1.93. The Kier molecular flexibility index (Phi) is 5.20. The van der Waals surface area contributed by atoms with Crippen molar-refractivity contribution in [2.75, 3.05) is 23.8 Å². The van der Waals surface area contributed by atoms with E-state index in [9.17, 15) is 4.79 Å². The fourth-order valence-corrected chi connectivity index (χ4v) is 2.50. The van der Waals surface area contributed by atoms with Crippen molar-refractivity contribution in [3.8, 4) is 0 Å². The zero-order valence-electron chi connectivity index (χ0n) is 14.0. The summed E-state index contributed by atoms with van der Waals surface area (Å²) in [6, 6.07) is 15.0. The standard InChI is InChI=1S/C19H20N4O2/c1-13(25)14-6-4-7-15(12-14)21-19-22-17-9-3-2-8-16(17)18(23-19)20-10-5-11-24/h2-4,6-9,12,24H,5,10-11H2,1H3,(H2,20,21,22,23). The molecule has 0 unspecified atom stereocenters. The highest BCUT2D eigenvalue weighted by molar-refractivity contribution is 5.95. The van der Waals surface area contributed by atoms with Gasteiger partial charge < -0.3 is 15.7 Å². The molecule has 0 bridgehead atoms. The fourth-order valence-electron chi connectivity index (χ4n) is 2.50. The van der Waals surface area contributed by atoms with Crippen molar-refractivity contribution in [2.24, 2.45) is 0 Å². The van der Waals surface area contributed by atoms with E-state index in [1.54, 1.807) is 12.1 Å². The van der Waals surface area contributed by atoms with E-state index in [1.807, 2.05) is 36.4 Å². The van der Waals surface area contributed by atoms with Gasteiger partial charge in [0.2, 0.25) is 5.95 Å². The topological polar surface area (TPSA) is 87.1 Å². The van der Waals surface area contributed by atoms with Gasteiger partial charge in [0.1, 0.15) is 5.82 Å². The molecule has 0 radical (unpaired) electrons. The SMILES string of the molecule is CC(=O)c1cccc(Nc2nc(NCCCO)c3ccccc3n2)c1. The molecule has 0 saturated heterocycles. The van der Waals surface area contributed by atoms with E-state index in [4.69, 9.17) is 5.11 Å². The summed E-state index contributed by atoms with van der Waals surface area (Å²) >= 11 is 0. The number of aliphatic hydroxyl groups excluding tert-OH is 1. The third kappa shape index (κ3) is 4.10. The van der Waals surface area contributed by atoms with Crippen molar-refractivity contribution in [1.82, 2.24) is 9.97 Å². The molecule has 0 amide bonds. The molecular formula is C19H20N4O2. The number of carbonyl (C=O) groups is 1. The quantitative estimate of drug-likeness (QED) is 0.453. The van der Waals surface area contributed by atoms with E-state index < -0.39 is 0 Å². The Morgan fingerprint density at radius 1 is 1.12 bits per heavy atom. The van der Waals surface area contributed by atoms with Crippen LogP contribution in [0.5, 0.6) is 0 Å². The van der Waals surface area contributed by atoms with Crippen LogP contribution in [-0.4, -0.2) is 34.0 Å². The first-order valence-electron chi connectivity index (χ1n) is 8.17. The van der Waals surface area contributed by atoms with Gasteiger partial charge in [0.15, 0.2) is 5.78 Å². The third-order valence-corrected chi connectivity index (χ3v) is 3.76. The number of rotatable bonds is 7. The summed E-state index contributed by atoms with van der Waals surface area (Å²) in [6.07, 6.45) is 0.641. The molecule has 0 aliphatic rings. The Labute approximate surface area is 145 Å². The van der Waals surface area contributed by atoms with E-state index in [0.717, 1.165) is 16.6 Å². The van der Waals surface area contributed by atoms with Crippen LogP contribution in [0.2, 0.25) is 0 Å². The Hall–Kier alpha value is -2.99. The van der Waals surface area contributed by atoms with Gasteiger partial charge in [-0.2, -0.15) is 4.98 Å². The molecule has 0 spiro atoms. The second kappa shape index (κ2) is 7.72. The van der Waals surface area contributed by atoms with E-state index in [0.29, 0.717) is 30.3 Å². The lowest BCUT2D eigenvalue weighted by Gasteiger charge is -2.12. The van der Waals surface area contributed by atoms with Gasteiger partial charge in [-0.25, -0.2) is 4.98 Å². The summed E-state index contributed by atoms with van der Waals surface area (Å²) in [5, 5.41) is 16.3. The largest absolute Gasteiger partial charge is 0.396 e. The maximum absolute atomic E-state index is 11.5. The van der Waals surface area contributed by atoms with Crippen LogP contribution in [0.25, 0.3) is 10.9 Å². The highest BCUT2D eigenvalue weighted by atomic mass is 16.3. The molecule has 3 N–H and O–H groups in total. The van der Waals surface area contributed by atoms with Crippen LogP contribution in [0.4, 0.5) is 17.5 Å². The van der Waals surface area contributed by atoms with Crippen molar-refractivity contribution in [2.45, 2.75) is 13.3 Å². The second-order valence-corrected chi connectivity index (χ2v) is 5.68. The van der Waals surface area contributed by atoms with Crippen LogP contribution in [0, 0.1) is 0 Å². The molecule has 0 saturated carbocycles. The predicted octanol–water partition coefficient (Wildman–Crippen LogP) is 3.37. The molecule has 0 aliphatic heterocycles. The lowest BCUT2D eigenvalue weighted by Crippen LogP contribution is -2.08. The number of para-hydroxylation sites is 1. The number of aliphatic hydroxyl groups is 1. The number of benzene rings is 2. The summed E-state index contributed by atoms with van der Waals surface area (Å²) in [4.78, 5) is 20.6. The van der Waals surface area contributed by atoms with Gasteiger partial charge in [-0.05, 0) is 37.6 Å². The maximum atomic E-state index is 11.5. The van der Waals surface area contributed by atoms with Gasteiger partial charge in [-0.1, -0.05) is 24.3 Å². The molecule has 1 heterocycles. The lowest BCUT2D eigenvalue weighted by atomic mass is 10.1. The highest BCUT2D eigenvalue weighted by Crippen LogP contribution is 2.24. The van der Waals surface area contributed by atoms with Gasteiger partial charge in [-0.3, -0.25) is 4.79 Å². The second-order valence-electron chi connectivity index (χ2n) is 5.68. The van der Waals surface area contributed by atoms with Crippen molar-refractivity contribution in [3.05, 3.63) is 54.1 Å². The Morgan fingerprint density at radius 3 is 2.76 bits per heavy atom. The molecule has 3 aromatic rings. The minimum atomic E-state index is 0.00874. The van der Waals surface area contributed by atoms with Crippen LogP contribution in [0.1, 0.15) is 23.7 Å². The lowest BCUT2D eigenvalue weighted by molar-refractivity contribution is 0.101. The van der Waals surface area contributed by atoms with Crippen molar-refractivity contribution < 1.29 is 9.90 Å². The molecule has 3 rings (SSSR count). The average Bonchev–Trinajstić information content (AvgIpc) is 2.62. The van der Waals surface area contributed by atoms with E-state index in [-0.39, 0.29) is 12.4 Å². The Bertz CT molecular complexity index is 895. The summed E-state index contributed by atoms with van der Waals surface area (Å²) < 4.78 is 0. The van der Waals surface area contributed by atoms with E-state index in [2.05, 4.69) is 20.6 Å². The summed E-state index contributed by atoms with van der Waals surface area (Å²) in [5.41, 5.74) is 2.20. The summed E-state index contributed by atoms with van der Waals surface area (Å²) in [7, 11) is 0. The number of hydrogen-bond donors (Lipinski definition) is 3. The van der Waals surface area contributed by atoms with E-state index >= 15 is 0 Å².